The number of rotatable bonds is 6. The Hall–Kier alpha value is -0.970. The van der Waals surface area contributed by atoms with Gasteiger partial charge < -0.3 is 10.2 Å². The van der Waals surface area contributed by atoms with E-state index >= 15 is 0 Å². The van der Waals surface area contributed by atoms with Crippen LogP contribution in [-0.4, -0.2) is 62.7 Å². The van der Waals surface area contributed by atoms with E-state index in [1.54, 1.807) is 0 Å². The van der Waals surface area contributed by atoms with Gasteiger partial charge in [0.05, 0.1) is 0 Å². The smallest absolute Gasteiger partial charge is 0.123 e. The van der Waals surface area contributed by atoms with Crippen molar-refractivity contribution in [2.45, 2.75) is 6.42 Å². The lowest BCUT2D eigenvalue weighted by Gasteiger charge is -2.29. The number of halogens is 1. The third-order valence-corrected chi connectivity index (χ3v) is 3.70. The average Bonchev–Trinajstić information content (AvgIpc) is 2.45. The lowest BCUT2D eigenvalue weighted by atomic mass is 10.1. The molecule has 19 heavy (non-hydrogen) atoms. The molecule has 4 heteroatoms. The molecule has 1 aromatic rings. The summed E-state index contributed by atoms with van der Waals surface area (Å²) in [6.07, 6.45) is 0.984. The molecule has 1 fully saturated rings. The molecule has 0 spiro atoms. The van der Waals surface area contributed by atoms with Crippen LogP contribution in [0.4, 0.5) is 4.39 Å². The summed E-state index contributed by atoms with van der Waals surface area (Å²) >= 11 is 0. The third-order valence-electron chi connectivity index (χ3n) is 3.70. The highest BCUT2D eigenvalue weighted by Gasteiger charge is 2.09. The Morgan fingerprint density at radius 3 is 2.53 bits per heavy atom. The monoisotopic (exact) mass is 265 g/mol. The van der Waals surface area contributed by atoms with Crippen molar-refractivity contribution in [2.24, 2.45) is 0 Å². The van der Waals surface area contributed by atoms with Gasteiger partial charge in [0.2, 0.25) is 0 Å². The molecule has 1 saturated heterocycles. The van der Waals surface area contributed by atoms with Gasteiger partial charge in [-0.3, -0.25) is 4.90 Å². The number of piperazine rings is 1. The number of likely N-dealkylation sites (N-methyl/N-ethyl adjacent to an activating group) is 1. The Morgan fingerprint density at radius 2 is 1.84 bits per heavy atom. The molecule has 0 amide bonds. The lowest BCUT2D eigenvalue weighted by molar-refractivity contribution is 0.206. The number of nitrogens with zero attached hydrogens (tertiary/aromatic N) is 2. The first-order valence-corrected chi connectivity index (χ1v) is 7.10. The Kier molecular flexibility index (Phi) is 5.76. The molecule has 0 bridgehead atoms. The van der Waals surface area contributed by atoms with E-state index in [0.717, 1.165) is 52.2 Å². The highest BCUT2D eigenvalue weighted by molar-refractivity contribution is 5.16. The van der Waals surface area contributed by atoms with Crippen LogP contribution in [0.25, 0.3) is 0 Å². The molecule has 1 aliphatic rings. The van der Waals surface area contributed by atoms with Crippen molar-refractivity contribution in [2.75, 3.05) is 52.9 Å². The molecule has 0 aliphatic carbocycles. The van der Waals surface area contributed by atoms with E-state index in [1.807, 2.05) is 12.1 Å². The van der Waals surface area contributed by atoms with Crippen LogP contribution in [0.5, 0.6) is 0 Å². The molecule has 0 saturated carbocycles. The second-order valence-electron chi connectivity index (χ2n) is 5.27. The normalized spacial score (nSPS) is 17.0. The quantitative estimate of drug-likeness (QED) is 0.834. The van der Waals surface area contributed by atoms with Crippen LogP contribution in [0.3, 0.4) is 0 Å². The van der Waals surface area contributed by atoms with E-state index in [9.17, 15) is 4.39 Å². The van der Waals surface area contributed by atoms with Crippen LogP contribution in [-0.2, 0) is 6.42 Å². The van der Waals surface area contributed by atoms with Crippen LogP contribution in [0.1, 0.15) is 5.56 Å². The minimum atomic E-state index is -0.157. The van der Waals surface area contributed by atoms with Gasteiger partial charge in [-0.05, 0) is 31.2 Å². The molecule has 0 unspecified atom stereocenters. The largest absolute Gasteiger partial charge is 0.314 e. The fourth-order valence-corrected chi connectivity index (χ4v) is 2.33. The van der Waals surface area contributed by atoms with Crippen LogP contribution in [0.2, 0.25) is 0 Å². The first kappa shape index (κ1) is 14.4. The van der Waals surface area contributed by atoms with Crippen molar-refractivity contribution < 1.29 is 4.39 Å². The first-order chi connectivity index (χ1) is 9.24. The zero-order valence-electron chi connectivity index (χ0n) is 11.7. The van der Waals surface area contributed by atoms with Gasteiger partial charge in [0.1, 0.15) is 5.82 Å². The minimum absolute atomic E-state index is 0.157. The van der Waals surface area contributed by atoms with Gasteiger partial charge in [-0.25, -0.2) is 4.39 Å². The summed E-state index contributed by atoms with van der Waals surface area (Å²) in [4.78, 5) is 4.86. The summed E-state index contributed by atoms with van der Waals surface area (Å²) in [5.41, 5.74) is 1.20. The van der Waals surface area contributed by atoms with E-state index in [4.69, 9.17) is 0 Å². The van der Waals surface area contributed by atoms with Crippen molar-refractivity contribution in [1.82, 2.24) is 15.1 Å². The van der Waals surface area contributed by atoms with Crippen LogP contribution in [0.15, 0.2) is 24.3 Å². The van der Waals surface area contributed by atoms with E-state index in [2.05, 4.69) is 22.2 Å². The second kappa shape index (κ2) is 7.58. The van der Waals surface area contributed by atoms with Crippen molar-refractivity contribution in [3.63, 3.8) is 0 Å². The Bertz CT molecular complexity index is 360. The summed E-state index contributed by atoms with van der Waals surface area (Å²) in [7, 11) is 2.16. The molecule has 0 aromatic heterocycles. The van der Waals surface area contributed by atoms with Gasteiger partial charge in [-0.2, -0.15) is 0 Å². The van der Waals surface area contributed by atoms with Gasteiger partial charge >= 0.3 is 0 Å². The first-order valence-electron chi connectivity index (χ1n) is 7.10. The fourth-order valence-electron chi connectivity index (χ4n) is 2.33. The van der Waals surface area contributed by atoms with Crippen LogP contribution < -0.4 is 5.32 Å². The zero-order valence-corrected chi connectivity index (χ0v) is 11.7. The predicted octanol–water partition coefficient (Wildman–Crippen LogP) is 1.21. The van der Waals surface area contributed by atoms with E-state index in [-0.39, 0.29) is 5.82 Å². The highest BCUT2D eigenvalue weighted by atomic mass is 19.1. The Morgan fingerprint density at radius 1 is 1.16 bits per heavy atom. The Balaban J connectivity index is 1.63. The van der Waals surface area contributed by atoms with E-state index in [1.165, 1.54) is 17.7 Å². The maximum atomic E-state index is 12.8. The number of hydrogen-bond acceptors (Lipinski definition) is 3. The summed E-state index contributed by atoms with van der Waals surface area (Å²) in [6.45, 7) is 7.80. The zero-order chi connectivity index (χ0) is 13.5. The molecule has 0 radical (unpaired) electrons. The highest BCUT2D eigenvalue weighted by Crippen LogP contribution is 2.04. The van der Waals surface area contributed by atoms with Crippen molar-refractivity contribution >= 4 is 0 Å². The minimum Gasteiger partial charge on any atom is -0.314 e. The van der Waals surface area contributed by atoms with E-state index in [0.29, 0.717) is 0 Å². The topological polar surface area (TPSA) is 18.5 Å². The molecule has 3 nitrogen and oxygen atoms in total. The lowest BCUT2D eigenvalue weighted by Crippen LogP contribution is -2.46. The maximum absolute atomic E-state index is 12.8. The van der Waals surface area contributed by atoms with Crippen LogP contribution >= 0.6 is 0 Å². The number of nitrogens with one attached hydrogen (secondary N) is 1. The van der Waals surface area contributed by atoms with Gasteiger partial charge in [-0.1, -0.05) is 12.1 Å². The molecule has 1 heterocycles. The Labute approximate surface area is 115 Å². The van der Waals surface area contributed by atoms with Crippen LogP contribution in [0, 0.1) is 5.82 Å². The predicted molar refractivity (Wildman–Crippen MR) is 76.9 cm³/mol. The standard InChI is InChI=1S/C15H24FN3/c1-18(12-13-19-10-7-17-8-11-19)9-6-14-2-4-15(16)5-3-14/h2-5,17H,6-13H2,1H3. The van der Waals surface area contributed by atoms with Crippen molar-refractivity contribution in [3.8, 4) is 0 Å². The van der Waals surface area contributed by atoms with Crippen molar-refractivity contribution in [3.05, 3.63) is 35.6 Å². The molecule has 2 rings (SSSR count). The van der Waals surface area contributed by atoms with Gasteiger partial charge in [0.15, 0.2) is 0 Å². The molecule has 1 N–H and O–H groups in total. The molecule has 1 aliphatic heterocycles. The van der Waals surface area contributed by atoms with Gasteiger partial charge in [0, 0.05) is 45.8 Å². The van der Waals surface area contributed by atoms with Crippen molar-refractivity contribution in [1.29, 1.82) is 0 Å². The maximum Gasteiger partial charge on any atom is 0.123 e. The van der Waals surface area contributed by atoms with Gasteiger partial charge in [0.25, 0.3) is 0 Å². The third kappa shape index (κ3) is 5.27. The summed E-state index contributed by atoms with van der Waals surface area (Å²) < 4.78 is 12.8. The summed E-state index contributed by atoms with van der Waals surface area (Å²) in [6, 6.07) is 6.82. The molecular weight excluding hydrogens is 241 g/mol. The fraction of sp³-hybridized carbons (Fsp3) is 0.600. The number of benzene rings is 1. The SMILES string of the molecule is CN(CCc1ccc(F)cc1)CCN1CCNCC1. The number of hydrogen-bond donors (Lipinski definition) is 1. The average molecular weight is 265 g/mol. The molecular formula is C15H24FN3. The molecule has 106 valence electrons. The summed E-state index contributed by atoms with van der Waals surface area (Å²) in [5, 5.41) is 3.37. The summed E-state index contributed by atoms with van der Waals surface area (Å²) in [5.74, 6) is -0.157. The van der Waals surface area contributed by atoms with Gasteiger partial charge in [-0.15, -0.1) is 0 Å². The second-order valence-corrected chi connectivity index (χ2v) is 5.27. The van der Waals surface area contributed by atoms with E-state index < -0.39 is 0 Å². The molecule has 0 atom stereocenters. The molecule has 1 aromatic carbocycles.